The lowest BCUT2D eigenvalue weighted by Gasteiger charge is -2.11. The highest BCUT2D eigenvalue weighted by Gasteiger charge is 2.13. The second kappa shape index (κ2) is 6.60. The highest BCUT2D eigenvalue weighted by atomic mass is 16.5. The van der Waals surface area contributed by atoms with E-state index in [0.717, 1.165) is 33.3 Å². The fourth-order valence-corrected chi connectivity index (χ4v) is 3.05. The minimum absolute atomic E-state index is 0.527. The zero-order chi connectivity index (χ0) is 18.1. The van der Waals surface area contributed by atoms with Crippen LogP contribution in [0.2, 0.25) is 0 Å². The molecule has 0 bridgehead atoms. The number of rotatable bonds is 3. The average molecular weight is 340 g/mol. The topological polar surface area (TPSA) is 35.0 Å². The molecule has 0 aliphatic heterocycles. The molecule has 0 N–H and O–H groups in total. The van der Waals surface area contributed by atoms with Gasteiger partial charge in [0.25, 0.3) is 0 Å². The SMILES string of the molecule is Cc1cccc(Oc2nnc(-c3ccc(C)c(C)c3)c3ccccc23)c1. The van der Waals surface area contributed by atoms with E-state index in [9.17, 15) is 0 Å². The van der Waals surface area contributed by atoms with Gasteiger partial charge in [-0.25, -0.2) is 0 Å². The lowest BCUT2D eigenvalue weighted by atomic mass is 10.0. The van der Waals surface area contributed by atoms with Crippen LogP contribution in [0.4, 0.5) is 0 Å². The Morgan fingerprint density at radius 1 is 0.692 bits per heavy atom. The maximum atomic E-state index is 6.03. The monoisotopic (exact) mass is 340 g/mol. The summed E-state index contributed by atoms with van der Waals surface area (Å²) in [5.41, 5.74) is 5.60. The fourth-order valence-electron chi connectivity index (χ4n) is 3.05. The molecule has 0 saturated heterocycles. The van der Waals surface area contributed by atoms with Crippen LogP contribution in [-0.2, 0) is 0 Å². The van der Waals surface area contributed by atoms with Gasteiger partial charge in [-0.3, -0.25) is 0 Å². The molecule has 0 spiro atoms. The second-order valence-corrected chi connectivity index (χ2v) is 6.62. The van der Waals surface area contributed by atoms with Crippen molar-refractivity contribution in [2.24, 2.45) is 0 Å². The van der Waals surface area contributed by atoms with Crippen molar-refractivity contribution in [3.8, 4) is 22.9 Å². The maximum Gasteiger partial charge on any atom is 0.246 e. The summed E-state index contributed by atoms with van der Waals surface area (Å²) < 4.78 is 6.03. The molecule has 1 heterocycles. The predicted octanol–water partition coefficient (Wildman–Crippen LogP) is 6.01. The maximum absolute atomic E-state index is 6.03. The number of hydrogen-bond donors (Lipinski definition) is 0. The third-order valence-electron chi connectivity index (χ3n) is 4.64. The van der Waals surface area contributed by atoms with Gasteiger partial charge in [-0.15, -0.1) is 10.2 Å². The molecule has 0 unspecified atom stereocenters. The third kappa shape index (κ3) is 3.04. The molecule has 128 valence electrons. The number of benzene rings is 3. The number of aryl methyl sites for hydroxylation is 3. The smallest absolute Gasteiger partial charge is 0.246 e. The summed E-state index contributed by atoms with van der Waals surface area (Å²) >= 11 is 0. The lowest BCUT2D eigenvalue weighted by Crippen LogP contribution is -1.96. The molecule has 26 heavy (non-hydrogen) atoms. The molecule has 3 aromatic carbocycles. The van der Waals surface area contributed by atoms with Crippen molar-refractivity contribution in [1.82, 2.24) is 10.2 Å². The molecular weight excluding hydrogens is 320 g/mol. The first kappa shape index (κ1) is 16.3. The summed E-state index contributed by atoms with van der Waals surface area (Å²) in [7, 11) is 0. The van der Waals surface area contributed by atoms with Crippen LogP contribution in [0.1, 0.15) is 16.7 Å². The normalized spacial score (nSPS) is 10.9. The fraction of sp³-hybridized carbons (Fsp3) is 0.130. The van der Waals surface area contributed by atoms with E-state index < -0.39 is 0 Å². The van der Waals surface area contributed by atoms with Gasteiger partial charge in [-0.1, -0.05) is 42.5 Å². The van der Waals surface area contributed by atoms with E-state index >= 15 is 0 Å². The van der Waals surface area contributed by atoms with Crippen LogP contribution < -0.4 is 4.74 Å². The summed E-state index contributed by atoms with van der Waals surface area (Å²) in [6.07, 6.45) is 0. The molecule has 0 radical (unpaired) electrons. The van der Waals surface area contributed by atoms with Gasteiger partial charge in [0.15, 0.2) is 0 Å². The van der Waals surface area contributed by atoms with E-state index in [2.05, 4.69) is 48.3 Å². The highest BCUT2D eigenvalue weighted by molar-refractivity contribution is 5.97. The van der Waals surface area contributed by atoms with Crippen LogP contribution in [0.15, 0.2) is 66.7 Å². The van der Waals surface area contributed by atoms with Crippen LogP contribution >= 0.6 is 0 Å². The van der Waals surface area contributed by atoms with Crippen molar-refractivity contribution in [2.75, 3.05) is 0 Å². The van der Waals surface area contributed by atoms with Gasteiger partial charge >= 0.3 is 0 Å². The van der Waals surface area contributed by atoms with E-state index in [4.69, 9.17) is 4.74 Å². The third-order valence-corrected chi connectivity index (χ3v) is 4.64. The van der Waals surface area contributed by atoms with Gasteiger partial charge in [0, 0.05) is 16.3 Å². The molecule has 0 atom stereocenters. The molecule has 0 fully saturated rings. The summed E-state index contributed by atoms with van der Waals surface area (Å²) in [6.45, 7) is 6.27. The van der Waals surface area contributed by atoms with E-state index in [1.165, 1.54) is 11.1 Å². The van der Waals surface area contributed by atoms with Gasteiger partial charge in [-0.2, -0.15) is 0 Å². The Kier molecular flexibility index (Phi) is 4.13. The van der Waals surface area contributed by atoms with Gasteiger partial charge in [0.2, 0.25) is 5.88 Å². The molecule has 3 heteroatoms. The van der Waals surface area contributed by atoms with Gasteiger partial charge < -0.3 is 4.74 Å². The minimum Gasteiger partial charge on any atom is -0.437 e. The number of aromatic nitrogens is 2. The molecule has 4 aromatic rings. The van der Waals surface area contributed by atoms with E-state index in [1.54, 1.807) is 0 Å². The standard InChI is InChI=1S/C23H20N2O/c1-15-7-6-8-19(13-15)26-23-21-10-5-4-9-20(21)22(24-25-23)18-12-11-16(2)17(3)14-18/h4-14H,1-3H3. The van der Waals surface area contributed by atoms with Crippen LogP contribution in [0.5, 0.6) is 11.6 Å². The average Bonchev–Trinajstić information content (AvgIpc) is 2.64. The minimum atomic E-state index is 0.527. The number of hydrogen-bond acceptors (Lipinski definition) is 3. The zero-order valence-electron chi connectivity index (χ0n) is 15.2. The van der Waals surface area contributed by atoms with Crippen LogP contribution in [-0.4, -0.2) is 10.2 Å². The molecular formula is C23H20N2O. The van der Waals surface area contributed by atoms with E-state index in [-0.39, 0.29) is 0 Å². The van der Waals surface area contributed by atoms with Crippen LogP contribution in [0, 0.1) is 20.8 Å². The van der Waals surface area contributed by atoms with Crippen molar-refractivity contribution in [3.05, 3.63) is 83.4 Å². The van der Waals surface area contributed by atoms with Crippen LogP contribution in [0.3, 0.4) is 0 Å². The Labute approximate surface area is 153 Å². The number of ether oxygens (including phenoxy) is 1. The first-order valence-corrected chi connectivity index (χ1v) is 8.69. The molecule has 0 saturated carbocycles. The summed E-state index contributed by atoms with van der Waals surface area (Å²) in [4.78, 5) is 0. The summed E-state index contributed by atoms with van der Waals surface area (Å²) in [5.74, 6) is 1.29. The first-order chi connectivity index (χ1) is 12.6. The van der Waals surface area contributed by atoms with Gasteiger partial charge in [-0.05, 0) is 61.7 Å². The van der Waals surface area contributed by atoms with E-state index in [0.29, 0.717) is 5.88 Å². The number of nitrogens with zero attached hydrogens (tertiary/aromatic N) is 2. The number of fused-ring (bicyclic) bond motifs is 1. The summed E-state index contributed by atoms with van der Waals surface area (Å²) in [6, 6.07) is 22.4. The van der Waals surface area contributed by atoms with Crippen molar-refractivity contribution in [3.63, 3.8) is 0 Å². The van der Waals surface area contributed by atoms with E-state index in [1.807, 2.05) is 49.4 Å². The molecule has 4 rings (SSSR count). The Bertz CT molecular complexity index is 1100. The Morgan fingerprint density at radius 3 is 2.27 bits per heavy atom. The highest BCUT2D eigenvalue weighted by Crippen LogP contribution is 2.33. The summed E-state index contributed by atoms with van der Waals surface area (Å²) in [5, 5.41) is 10.9. The van der Waals surface area contributed by atoms with Crippen molar-refractivity contribution in [2.45, 2.75) is 20.8 Å². The quantitative estimate of drug-likeness (QED) is 0.458. The zero-order valence-corrected chi connectivity index (χ0v) is 15.2. The molecule has 0 aliphatic carbocycles. The Hall–Kier alpha value is -3.20. The van der Waals surface area contributed by atoms with Crippen molar-refractivity contribution >= 4 is 10.8 Å². The largest absolute Gasteiger partial charge is 0.437 e. The second-order valence-electron chi connectivity index (χ2n) is 6.62. The lowest BCUT2D eigenvalue weighted by molar-refractivity contribution is 0.462. The van der Waals surface area contributed by atoms with Gasteiger partial charge in [0.1, 0.15) is 11.4 Å². The molecule has 0 amide bonds. The molecule has 1 aromatic heterocycles. The Balaban J connectivity index is 1.84. The van der Waals surface area contributed by atoms with Crippen molar-refractivity contribution < 1.29 is 4.74 Å². The Morgan fingerprint density at radius 2 is 1.50 bits per heavy atom. The predicted molar refractivity (Wildman–Crippen MR) is 106 cm³/mol. The van der Waals surface area contributed by atoms with Crippen molar-refractivity contribution in [1.29, 1.82) is 0 Å². The van der Waals surface area contributed by atoms with Gasteiger partial charge in [0.05, 0.1) is 0 Å². The van der Waals surface area contributed by atoms with Crippen LogP contribution in [0.25, 0.3) is 22.0 Å². The molecule has 0 aliphatic rings. The molecule has 3 nitrogen and oxygen atoms in total. The first-order valence-electron chi connectivity index (χ1n) is 8.69.